The number of hydrogen-bond donors (Lipinski definition) is 4. The van der Waals surface area contributed by atoms with Gasteiger partial charge in [-0.05, 0) is 37.2 Å². The number of fused-ring (bicyclic) bond motifs is 3. The second kappa shape index (κ2) is 8.85. The van der Waals surface area contributed by atoms with Crippen LogP contribution < -0.4 is 16.0 Å². The van der Waals surface area contributed by atoms with Crippen LogP contribution in [0.3, 0.4) is 0 Å². The van der Waals surface area contributed by atoms with Crippen LogP contribution in [0.1, 0.15) is 44.2 Å². The Morgan fingerprint density at radius 1 is 1.26 bits per heavy atom. The Labute approximate surface area is 196 Å². The van der Waals surface area contributed by atoms with Gasteiger partial charge in [0.25, 0.3) is 0 Å². The van der Waals surface area contributed by atoms with Crippen LogP contribution in [0.25, 0.3) is 11.3 Å². The SMILES string of the molecule is C[C@@H]1CCN(C(=O)CC#N)C[C@@H]1n1nc(NC(=O)C(=O)NCC2CC2)c2c1-c1cc[nH]c1NC2. The van der Waals surface area contributed by atoms with E-state index in [2.05, 4.69) is 27.9 Å². The second-order valence-corrected chi connectivity index (χ2v) is 9.36. The molecule has 2 aliphatic heterocycles. The Morgan fingerprint density at radius 3 is 2.85 bits per heavy atom. The molecule has 11 heteroatoms. The molecule has 0 unspecified atom stereocenters. The van der Waals surface area contributed by atoms with E-state index in [9.17, 15) is 14.4 Å². The van der Waals surface area contributed by atoms with Crippen molar-refractivity contribution in [2.75, 3.05) is 30.3 Å². The topological polar surface area (TPSA) is 148 Å². The van der Waals surface area contributed by atoms with E-state index in [1.165, 1.54) is 0 Å². The van der Waals surface area contributed by atoms with Crippen LogP contribution in [0.15, 0.2) is 12.3 Å². The molecule has 2 aromatic rings. The molecular weight excluding hydrogens is 436 g/mol. The number of H-pyrrole nitrogens is 1. The first-order valence-corrected chi connectivity index (χ1v) is 11.7. The van der Waals surface area contributed by atoms with E-state index in [1.54, 1.807) is 4.90 Å². The van der Waals surface area contributed by atoms with E-state index in [0.717, 1.165) is 41.9 Å². The number of piperidine rings is 1. The van der Waals surface area contributed by atoms with Crippen molar-refractivity contribution in [3.63, 3.8) is 0 Å². The molecule has 0 bridgehead atoms. The molecule has 2 fully saturated rings. The highest BCUT2D eigenvalue weighted by Gasteiger charge is 2.36. The van der Waals surface area contributed by atoms with Crippen molar-refractivity contribution in [2.45, 2.75) is 45.2 Å². The maximum atomic E-state index is 12.6. The number of anilines is 2. The number of amides is 3. The number of nitriles is 1. The van der Waals surface area contributed by atoms with E-state index in [4.69, 9.17) is 10.4 Å². The third-order valence-electron chi connectivity index (χ3n) is 6.95. The predicted molar refractivity (Wildman–Crippen MR) is 123 cm³/mol. The minimum absolute atomic E-state index is 0.139. The van der Waals surface area contributed by atoms with Crippen LogP contribution in [-0.2, 0) is 20.9 Å². The van der Waals surface area contributed by atoms with E-state index in [1.807, 2.05) is 23.0 Å². The summed E-state index contributed by atoms with van der Waals surface area (Å²) in [5, 5.41) is 22.4. The summed E-state index contributed by atoms with van der Waals surface area (Å²) in [6.45, 7) is 4.09. The van der Waals surface area contributed by atoms with Gasteiger partial charge in [0, 0.05) is 43.5 Å². The standard InChI is InChI=1S/C23H28N8O3/c1-13-6-9-30(18(32)4-7-24)12-17(13)31-19-15-5-8-25-20(15)26-11-16(19)21(29-31)28-23(34)22(33)27-10-14-2-3-14/h5,8,13-14,17,25-26H,2-4,6,9-12H2,1H3,(H,27,33)(H,28,29,34)/t13-,17+/m1/s1. The molecule has 4 heterocycles. The molecule has 34 heavy (non-hydrogen) atoms. The Hall–Kier alpha value is -3.81. The normalized spacial score (nSPS) is 21.0. The van der Waals surface area contributed by atoms with Gasteiger partial charge in [0.05, 0.1) is 17.8 Å². The molecule has 2 atom stereocenters. The second-order valence-electron chi connectivity index (χ2n) is 9.36. The number of likely N-dealkylation sites (tertiary alicyclic amines) is 1. The summed E-state index contributed by atoms with van der Waals surface area (Å²) in [4.78, 5) is 42.2. The Kier molecular flexibility index (Phi) is 5.73. The van der Waals surface area contributed by atoms with Crippen molar-refractivity contribution in [2.24, 2.45) is 11.8 Å². The van der Waals surface area contributed by atoms with E-state index < -0.39 is 11.8 Å². The van der Waals surface area contributed by atoms with Gasteiger partial charge < -0.3 is 25.8 Å². The van der Waals surface area contributed by atoms with Crippen molar-refractivity contribution in [3.05, 3.63) is 17.8 Å². The summed E-state index contributed by atoms with van der Waals surface area (Å²) >= 11 is 0. The molecule has 1 saturated carbocycles. The van der Waals surface area contributed by atoms with Gasteiger partial charge in [-0.3, -0.25) is 19.1 Å². The maximum absolute atomic E-state index is 12.6. The molecule has 0 radical (unpaired) electrons. The number of nitrogens with zero attached hydrogens (tertiary/aromatic N) is 4. The molecule has 4 N–H and O–H groups in total. The molecule has 3 amide bonds. The zero-order valence-corrected chi connectivity index (χ0v) is 19.1. The van der Waals surface area contributed by atoms with Gasteiger partial charge in [-0.25, -0.2) is 0 Å². The molecular formula is C23H28N8O3. The number of rotatable bonds is 5. The molecule has 178 valence electrons. The first-order chi connectivity index (χ1) is 16.5. The van der Waals surface area contributed by atoms with Gasteiger partial charge in [0.1, 0.15) is 12.2 Å². The highest BCUT2D eigenvalue weighted by atomic mass is 16.2. The smallest absolute Gasteiger partial charge is 0.314 e. The first kappa shape index (κ1) is 22.0. The zero-order valence-electron chi connectivity index (χ0n) is 19.1. The van der Waals surface area contributed by atoms with Crippen molar-refractivity contribution in [1.29, 1.82) is 5.26 Å². The third-order valence-corrected chi connectivity index (χ3v) is 6.95. The number of carbonyl (C=O) groups is 3. The van der Waals surface area contributed by atoms with Crippen LogP contribution in [0.5, 0.6) is 0 Å². The van der Waals surface area contributed by atoms with Crippen LogP contribution in [-0.4, -0.2) is 57.0 Å². The fourth-order valence-corrected chi connectivity index (χ4v) is 4.73. The lowest BCUT2D eigenvalue weighted by Crippen LogP contribution is -2.44. The highest BCUT2D eigenvalue weighted by molar-refractivity contribution is 6.39. The molecule has 1 saturated heterocycles. The van der Waals surface area contributed by atoms with Gasteiger partial charge in [-0.15, -0.1) is 0 Å². The van der Waals surface area contributed by atoms with E-state index >= 15 is 0 Å². The van der Waals surface area contributed by atoms with Crippen molar-refractivity contribution in [1.82, 2.24) is 25.0 Å². The quantitative estimate of drug-likeness (QED) is 0.494. The van der Waals surface area contributed by atoms with Gasteiger partial charge in [-0.1, -0.05) is 6.92 Å². The molecule has 0 aromatic carbocycles. The monoisotopic (exact) mass is 464 g/mol. The highest BCUT2D eigenvalue weighted by Crippen LogP contribution is 2.42. The zero-order chi connectivity index (χ0) is 23.8. The summed E-state index contributed by atoms with van der Waals surface area (Å²) in [5.74, 6) is 0.293. The summed E-state index contributed by atoms with van der Waals surface area (Å²) in [7, 11) is 0. The number of hydrogen-bond acceptors (Lipinski definition) is 6. The van der Waals surface area contributed by atoms with Gasteiger partial charge >= 0.3 is 11.8 Å². The average molecular weight is 465 g/mol. The minimum Gasteiger partial charge on any atom is -0.367 e. The number of nitrogens with one attached hydrogen (secondary N) is 4. The van der Waals surface area contributed by atoms with Gasteiger partial charge in [-0.2, -0.15) is 10.4 Å². The fraction of sp³-hybridized carbons (Fsp3) is 0.522. The van der Waals surface area contributed by atoms with Crippen LogP contribution in [0, 0.1) is 23.2 Å². The van der Waals surface area contributed by atoms with Crippen LogP contribution >= 0.6 is 0 Å². The maximum Gasteiger partial charge on any atom is 0.314 e. The fourth-order valence-electron chi connectivity index (χ4n) is 4.73. The van der Waals surface area contributed by atoms with Gasteiger partial charge in [0.2, 0.25) is 5.91 Å². The summed E-state index contributed by atoms with van der Waals surface area (Å²) < 4.78 is 1.89. The lowest BCUT2D eigenvalue weighted by Gasteiger charge is -2.37. The average Bonchev–Trinajstić information content (AvgIpc) is 3.41. The van der Waals surface area contributed by atoms with E-state index in [-0.39, 0.29) is 24.3 Å². The predicted octanol–water partition coefficient (Wildman–Crippen LogP) is 1.59. The third kappa shape index (κ3) is 4.11. The van der Waals surface area contributed by atoms with Crippen LogP contribution in [0.2, 0.25) is 0 Å². The van der Waals surface area contributed by atoms with E-state index in [0.29, 0.717) is 37.9 Å². The minimum atomic E-state index is -0.740. The Balaban J connectivity index is 1.46. The lowest BCUT2D eigenvalue weighted by atomic mass is 9.92. The molecule has 0 spiro atoms. The summed E-state index contributed by atoms with van der Waals surface area (Å²) in [6, 6.07) is 3.74. The van der Waals surface area contributed by atoms with Crippen LogP contribution in [0.4, 0.5) is 11.6 Å². The Morgan fingerprint density at radius 2 is 2.09 bits per heavy atom. The molecule has 5 rings (SSSR count). The molecule has 11 nitrogen and oxygen atoms in total. The molecule has 3 aliphatic rings. The van der Waals surface area contributed by atoms with Crippen molar-refractivity contribution in [3.8, 4) is 17.3 Å². The first-order valence-electron chi connectivity index (χ1n) is 11.7. The Bertz CT molecular complexity index is 1170. The molecule has 2 aromatic heterocycles. The van der Waals surface area contributed by atoms with Gasteiger partial charge in [0.15, 0.2) is 5.82 Å². The van der Waals surface area contributed by atoms with Crippen molar-refractivity contribution >= 4 is 29.4 Å². The largest absolute Gasteiger partial charge is 0.367 e. The van der Waals surface area contributed by atoms with Crippen molar-refractivity contribution < 1.29 is 14.4 Å². The number of aromatic amines is 1. The summed E-state index contributed by atoms with van der Waals surface area (Å²) in [5.41, 5.74) is 2.57. The summed E-state index contributed by atoms with van der Waals surface area (Å²) in [6.07, 6.45) is 4.62. The molecule has 1 aliphatic carbocycles. The number of carbonyl (C=O) groups excluding carboxylic acids is 3. The lowest BCUT2D eigenvalue weighted by molar-refractivity contribution is -0.136. The number of aromatic nitrogens is 3.